The van der Waals surface area contributed by atoms with Gasteiger partial charge in [-0.15, -0.1) is 0 Å². The maximum absolute atomic E-state index is 13.6. The van der Waals surface area contributed by atoms with Gasteiger partial charge in [0.15, 0.2) is 0 Å². The van der Waals surface area contributed by atoms with E-state index in [4.69, 9.17) is 13.9 Å². The van der Waals surface area contributed by atoms with E-state index in [1.165, 1.54) is 12.3 Å². The van der Waals surface area contributed by atoms with Gasteiger partial charge in [0.2, 0.25) is 0 Å². The summed E-state index contributed by atoms with van der Waals surface area (Å²) in [5, 5.41) is 9.30. The van der Waals surface area contributed by atoms with E-state index in [0.717, 1.165) is 22.3 Å². The van der Waals surface area contributed by atoms with Crippen molar-refractivity contribution in [2.24, 2.45) is 0 Å². The number of carboxylic acids is 1. The van der Waals surface area contributed by atoms with E-state index < -0.39 is 17.7 Å². The number of piperidine rings is 1. The van der Waals surface area contributed by atoms with Gasteiger partial charge < -0.3 is 23.9 Å². The Balaban J connectivity index is 1.31. The summed E-state index contributed by atoms with van der Waals surface area (Å²) in [5.41, 5.74) is 3.94. The number of amides is 2. The van der Waals surface area contributed by atoms with Gasteiger partial charge in [-0.25, -0.2) is 14.4 Å². The molecule has 0 saturated carbocycles. The van der Waals surface area contributed by atoms with E-state index in [9.17, 15) is 19.5 Å². The molecule has 0 radical (unpaired) electrons. The average molecular weight is 547 g/mol. The second-order valence-corrected chi connectivity index (χ2v) is 11.2. The molecule has 1 fully saturated rings. The molecule has 0 spiro atoms. The summed E-state index contributed by atoms with van der Waals surface area (Å²) >= 11 is 0. The predicted octanol–water partition coefficient (Wildman–Crippen LogP) is 6.13. The summed E-state index contributed by atoms with van der Waals surface area (Å²) in [6.07, 6.45) is 1.33. The van der Waals surface area contributed by atoms with Crippen molar-refractivity contribution < 1.29 is 33.4 Å². The van der Waals surface area contributed by atoms with E-state index in [2.05, 4.69) is 24.3 Å². The van der Waals surface area contributed by atoms with Crippen LogP contribution in [0.1, 0.15) is 66.8 Å². The molecule has 0 bridgehead atoms. The molecule has 0 atom stereocenters. The largest absolute Gasteiger partial charge is 0.478 e. The zero-order valence-electron chi connectivity index (χ0n) is 23.0. The average Bonchev–Trinajstić information content (AvgIpc) is 3.53. The van der Waals surface area contributed by atoms with Crippen molar-refractivity contribution in [1.82, 2.24) is 9.80 Å². The molecule has 2 aliphatic rings. The Hall–Kier alpha value is -4.27. The van der Waals surface area contributed by atoms with Crippen LogP contribution in [0.25, 0.3) is 11.1 Å². The van der Waals surface area contributed by atoms with Crippen LogP contribution in [0, 0.1) is 0 Å². The van der Waals surface area contributed by atoms with E-state index >= 15 is 0 Å². The third-order valence-corrected chi connectivity index (χ3v) is 7.35. The lowest BCUT2D eigenvalue weighted by molar-refractivity contribution is 0.0124. The molecule has 0 unspecified atom stereocenters. The van der Waals surface area contributed by atoms with Crippen molar-refractivity contribution in [3.05, 3.63) is 83.3 Å². The third-order valence-electron chi connectivity index (χ3n) is 7.35. The van der Waals surface area contributed by atoms with Crippen molar-refractivity contribution in [3.63, 3.8) is 0 Å². The van der Waals surface area contributed by atoms with Gasteiger partial charge in [-0.2, -0.15) is 0 Å². The van der Waals surface area contributed by atoms with E-state index in [0.29, 0.717) is 31.7 Å². The van der Waals surface area contributed by atoms with Gasteiger partial charge in [0.05, 0.1) is 12.1 Å². The molecule has 1 aliphatic heterocycles. The normalized spacial score (nSPS) is 15.3. The molecular formula is C31H34N2O7. The fourth-order valence-electron chi connectivity index (χ4n) is 5.45. The molecule has 210 valence electrons. The fourth-order valence-corrected chi connectivity index (χ4v) is 5.45. The molecule has 1 aliphatic carbocycles. The Labute approximate surface area is 233 Å². The number of hydrogen-bond donors (Lipinski definition) is 1. The number of furan rings is 1. The highest BCUT2D eigenvalue weighted by Crippen LogP contribution is 2.44. The molecule has 1 saturated heterocycles. The molecular weight excluding hydrogens is 512 g/mol. The van der Waals surface area contributed by atoms with Crippen LogP contribution in [-0.4, -0.2) is 64.4 Å². The number of nitrogens with zero attached hydrogens (tertiary/aromatic N) is 2. The number of carboxylic acid groups (broad SMARTS) is 1. The number of carbonyl (C=O) groups is 3. The van der Waals surface area contributed by atoms with Crippen LogP contribution >= 0.6 is 0 Å². The Morgan fingerprint density at radius 1 is 1.00 bits per heavy atom. The molecule has 2 heterocycles. The number of likely N-dealkylation sites (tertiary alicyclic amines) is 1. The van der Waals surface area contributed by atoms with Crippen molar-refractivity contribution >= 4 is 18.2 Å². The van der Waals surface area contributed by atoms with Crippen LogP contribution in [0.5, 0.6) is 0 Å². The number of fused-ring (bicyclic) bond motifs is 3. The maximum atomic E-state index is 13.6. The predicted molar refractivity (Wildman–Crippen MR) is 147 cm³/mol. The SMILES string of the molecule is CC(C)(C)OC(=O)N1CCC(N(Cc2cc(C(=O)O)co2)C(=O)OCC2c3ccccc3-c3ccccc32)CC1. The molecule has 40 heavy (non-hydrogen) atoms. The Morgan fingerprint density at radius 2 is 1.60 bits per heavy atom. The van der Waals surface area contributed by atoms with Gasteiger partial charge in [0.25, 0.3) is 0 Å². The van der Waals surface area contributed by atoms with E-state index in [-0.39, 0.29) is 36.8 Å². The third kappa shape index (κ3) is 5.83. The Bertz CT molecular complexity index is 1350. The number of ether oxygens (including phenoxy) is 2. The number of aromatic carboxylic acids is 1. The van der Waals surface area contributed by atoms with Gasteiger partial charge in [0, 0.05) is 25.0 Å². The van der Waals surface area contributed by atoms with E-state index in [1.54, 1.807) is 9.80 Å². The lowest BCUT2D eigenvalue weighted by atomic mass is 9.98. The van der Waals surface area contributed by atoms with Gasteiger partial charge in [-0.3, -0.25) is 4.90 Å². The summed E-state index contributed by atoms with van der Waals surface area (Å²) < 4.78 is 16.9. The second kappa shape index (κ2) is 11.1. The first-order valence-electron chi connectivity index (χ1n) is 13.5. The molecule has 9 heteroatoms. The minimum absolute atomic E-state index is 0.0160. The number of benzene rings is 2. The zero-order valence-corrected chi connectivity index (χ0v) is 23.0. The number of hydrogen-bond acceptors (Lipinski definition) is 6. The second-order valence-electron chi connectivity index (χ2n) is 11.2. The van der Waals surface area contributed by atoms with Crippen molar-refractivity contribution in [1.29, 1.82) is 0 Å². The van der Waals surface area contributed by atoms with Crippen LogP contribution in [0.4, 0.5) is 9.59 Å². The van der Waals surface area contributed by atoms with Crippen LogP contribution in [0.2, 0.25) is 0 Å². The summed E-state index contributed by atoms with van der Waals surface area (Å²) in [7, 11) is 0. The summed E-state index contributed by atoms with van der Waals surface area (Å²) in [4.78, 5) is 40.8. The van der Waals surface area contributed by atoms with Crippen molar-refractivity contribution in [2.75, 3.05) is 19.7 Å². The summed E-state index contributed by atoms with van der Waals surface area (Å²) in [6, 6.07) is 17.5. The standard InChI is InChI=1S/C31H34N2O7/c1-31(2,3)40-29(36)32-14-12-21(13-15-32)33(17-22-16-20(18-38-22)28(34)35)30(37)39-19-27-25-10-6-4-8-23(25)24-9-5-7-11-26(24)27/h4-11,16,18,21,27H,12-15,17,19H2,1-3H3,(H,34,35). The molecule has 5 rings (SSSR count). The first kappa shape index (κ1) is 27.3. The monoisotopic (exact) mass is 546 g/mol. The van der Waals surface area contributed by atoms with E-state index in [1.807, 2.05) is 45.0 Å². The molecule has 1 aromatic heterocycles. The van der Waals surface area contributed by atoms with Crippen molar-refractivity contribution in [3.8, 4) is 11.1 Å². The van der Waals surface area contributed by atoms with Gasteiger partial charge in [-0.1, -0.05) is 48.5 Å². The first-order valence-corrected chi connectivity index (χ1v) is 13.5. The zero-order chi connectivity index (χ0) is 28.4. The van der Waals surface area contributed by atoms with Crippen LogP contribution in [-0.2, 0) is 16.0 Å². The van der Waals surface area contributed by atoms with Gasteiger partial charge >= 0.3 is 18.2 Å². The van der Waals surface area contributed by atoms with Crippen LogP contribution in [0.3, 0.4) is 0 Å². The minimum atomic E-state index is -1.10. The quantitative estimate of drug-likeness (QED) is 0.396. The van der Waals surface area contributed by atoms with Crippen LogP contribution < -0.4 is 0 Å². The highest BCUT2D eigenvalue weighted by Gasteiger charge is 2.35. The molecule has 1 N–H and O–H groups in total. The molecule has 2 amide bonds. The van der Waals surface area contributed by atoms with Crippen molar-refractivity contribution in [2.45, 2.75) is 57.7 Å². The number of rotatable bonds is 6. The van der Waals surface area contributed by atoms with Gasteiger partial charge in [0.1, 0.15) is 24.2 Å². The Kier molecular flexibility index (Phi) is 7.56. The highest BCUT2D eigenvalue weighted by atomic mass is 16.6. The number of carbonyl (C=O) groups excluding carboxylic acids is 2. The highest BCUT2D eigenvalue weighted by molar-refractivity contribution is 5.87. The lowest BCUT2D eigenvalue weighted by Gasteiger charge is -2.38. The molecule has 9 nitrogen and oxygen atoms in total. The Morgan fingerprint density at radius 3 is 2.15 bits per heavy atom. The molecule has 3 aromatic rings. The smallest absolute Gasteiger partial charge is 0.410 e. The lowest BCUT2D eigenvalue weighted by Crippen LogP contribution is -2.49. The maximum Gasteiger partial charge on any atom is 0.410 e. The summed E-state index contributed by atoms with van der Waals surface area (Å²) in [5.74, 6) is -0.844. The fraction of sp³-hybridized carbons (Fsp3) is 0.387. The topological polar surface area (TPSA) is 110 Å². The minimum Gasteiger partial charge on any atom is -0.478 e. The summed E-state index contributed by atoms with van der Waals surface area (Å²) in [6.45, 7) is 6.54. The first-order chi connectivity index (χ1) is 19.1. The van der Waals surface area contributed by atoms with Crippen LogP contribution in [0.15, 0.2) is 65.3 Å². The molecule has 2 aromatic carbocycles. The van der Waals surface area contributed by atoms with Gasteiger partial charge in [-0.05, 0) is 61.9 Å².